The van der Waals surface area contributed by atoms with Gasteiger partial charge in [0.05, 0.1) is 11.1 Å². The quantitative estimate of drug-likeness (QED) is 0.474. The molecule has 1 unspecified atom stereocenters. The first-order valence-corrected chi connectivity index (χ1v) is 6.30. The SMILES string of the molecule is N=C(N)c1cccc(SCC2CCCO2)n1. The van der Waals surface area contributed by atoms with E-state index in [0.29, 0.717) is 11.8 Å². The lowest BCUT2D eigenvalue weighted by Gasteiger charge is -2.08. The number of pyridine rings is 1. The maximum absolute atomic E-state index is 7.31. The third-order valence-corrected chi connectivity index (χ3v) is 3.50. The molecule has 1 aromatic heterocycles. The zero-order valence-electron chi connectivity index (χ0n) is 8.98. The molecule has 2 rings (SSSR count). The van der Waals surface area contributed by atoms with Crippen LogP contribution in [-0.4, -0.2) is 29.3 Å². The van der Waals surface area contributed by atoms with Gasteiger partial charge in [-0.15, -0.1) is 11.8 Å². The highest BCUT2D eigenvalue weighted by Gasteiger charge is 2.15. The molecule has 2 heterocycles. The van der Waals surface area contributed by atoms with Crippen LogP contribution >= 0.6 is 11.8 Å². The number of nitrogens with two attached hydrogens (primary N) is 1. The number of ether oxygens (including phenoxy) is 1. The molecule has 0 aliphatic carbocycles. The largest absolute Gasteiger partial charge is 0.382 e. The van der Waals surface area contributed by atoms with Gasteiger partial charge in [-0.1, -0.05) is 6.07 Å². The van der Waals surface area contributed by atoms with Gasteiger partial charge in [0, 0.05) is 12.4 Å². The minimum atomic E-state index is 0.0135. The van der Waals surface area contributed by atoms with Gasteiger partial charge in [-0.3, -0.25) is 5.41 Å². The number of rotatable bonds is 4. The van der Waals surface area contributed by atoms with Gasteiger partial charge in [-0.2, -0.15) is 0 Å². The number of nitrogen functional groups attached to an aromatic ring is 1. The molecule has 4 nitrogen and oxygen atoms in total. The van der Waals surface area contributed by atoms with Crippen LogP contribution in [0.25, 0.3) is 0 Å². The molecule has 1 saturated heterocycles. The van der Waals surface area contributed by atoms with E-state index in [-0.39, 0.29) is 5.84 Å². The normalized spacial score (nSPS) is 19.9. The first kappa shape index (κ1) is 11.4. The van der Waals surface area contributed by atoms with Crippen molar-refractivity contribution in [2.75, 3.05) is 12.4 Å². The maximum atomic E-state index is 7.31. The highest BCUT2D eigenvalue weighted by Crippen LogP contribution is 2.22. The van der Waals surface area contributed by atoms with Gasteiger partial charge in [0.1, 0.15) is 11.5 Å². The molecule has 0 bridgehead atoms. The highest BCUT2D eigenvalue weighted by atomic mass is 32.2. The summed E-state index contributed by atoms with van der Waals surface area (Å²) in [4.78, 5) is 4.29. The average Bonchev–Trinajstić information content (AvgIpc) is 2.79. The Morgan fingerprint density at radius 2 is 2.50 bits per heavy atom. The maximum Gasteiger partial charge on any atom is 0.141 e. The average molecular weight is 237 g/mol. The molecule has 1 fully saturated rings. The monoisotopic (exact) mass is 237 g/mol. The van der Waals surface area contributed by atoms with Crippen LogP contribution in [0.4, 0.5) is 0 Å². The summed E-state index contributed by atoms with van der Waals surface area (Å²) in [7, 11) is 0. The molecule has 1 aliphatic rings. The molecule has 1 aromatic rings. The summed E-state index contributed by atoms with van der Waals surface area (Å²) < 4.78 is 5.54. The molecular formula is C11H15N3OS. The minimum Gasteiger partial charge on any atom is -0.382 e. The third kappa shape index (κ3) is 2.96. The summed E-state index contributed by atoms with van der Waals surface area (Å²) >= 11 is 1.66. The fourth-order valence-corrected chi connectivity index (χ4v) is 2.56. The van der Waals surface area contributed by atoms with Crippen molar-refractivity contribution in [3.8, 4) is 0 Å². The van der Waals surface area contributed by atoms with E-state index in [2.05, 4.69) is 4.98 Å². The second-order valence-electron chi connectivity index (χ2n) is 3.72. The fraction of sp³-hybridized carbons (Fsp3) is 0.455. The van der Waals surface area contributed by atoms with Crippen LogP contribution in [0.2, 0.25) is 0 Å². The topological polar surface area (TPSA) is 72.0 Å². The summed E-state index contributed by atoms with van der Waals surface area (Å²) in [6.45, 7) is 0.881. The van der Waals surface area contributed by atoms with Gasteiger partial charge in [-0.25, -0.2) is 4.98 Å². The lowest BCUT2D eigenvalue weighted by Crippen LogP contribution is -2.13. The summed E-state index contributed by atoms with van der Waals surface area (Å²) in [5, 5.41) is 8.22. The van der Waals surface area contributed by atoms with Crippen LogP contribution in [0.15, 0.2) is 23.2 Å². The summed E-state index contributed by atoms with van der Waals surface area (Å²) in [6.07, 6.45) is 2.65. The second kappa shape index (κ2) is 5.32. The van der Waals surface area contributed by atoms with Crippen molar-refractivity contribution in [1.82, 2.24) is 4.98 Å². The molecule has 0 spiro atoms. The summed E-state index contributed by atoms with van der Waals surface area (Å²) in [6, 6.07) is 5.56. The van der Waals surface area contributed by atoms with Crippen molar-refractivity contribution in [2.24, 2.45) is 5.73 Å². The standard InChI is InChI=1S/C11H15N3OS/c12-11(13)9-4-1-5-10(14-9)16-7-8-3-2-6-15-8/h1,4-5,8H,2-3,6-7H2,(H3,12,13). The molecule has 1 atom stereocenters. The molecule has 0 radical (unpaired) electrons. The van der Waals surface area contributed by atoms with Crippen LogP contribution in [0.1, 0.15) is 18.5 Å². The number of thioether (sulfide) groups is 1. The van der Waals surface area contributed by atoms with Crippen LogP contribution in [-0.2, 0) is 4.74 Å². The Morgan fingerprint density at radius 3 is 3.19 bits per heavy atom. The number of nitrogens with one attached hydrogen (secondary N) is 1. The van der Waals surface area contributed by atoms with Crippen LogP contribution < -0.4 is 5.73 Å². The van der Waals surface area contributed by atoms with E-state index in [9.17, 15) is 0 Å². The molecule has 0 amide bonds. The van der Waals surface area contributed by atoms with Gasteiger partial charge in [0.2, 0.25) is 0 Å². The Hall–Kier alpha value is -1.07. The zero-order chi connectivity index (χ0) is 11.4. The molecule has 0 aromatic carbocycles. The fourth-order valence-electron chi connectivity index (χ4n) is 1.60. The molecule has 86 valence electrons. The predicted molar refractivity (Wildman–Crippen MR) is 65.0 cm³/mol. The Labute approximate surface area is 99.1 Å². The molecule has 1 aliphatic heterocycles. The Balaban J connectivity index is 1.93. The van der Waals surface area contributed by atoms with E-state index in [1.165, 1.54) is 0 Å². The van der Waals surface area contributed by atoms with Gasteiger partial charge in [0.25, 0.3) is 0 Å². The van der Waals surface area contributed by atoms with E-state index < -0.39 is 0 Å². The van der Waals surface area contributed by atoms with Gasteiger partial charge >= 0.3 is 0 Å². The van der Waals surface area contributed by atoms with Crippen LogP contribution in [0, 0.1) is 5.41 Å². The minimum absolute atomic E-state index is 0.0135. The van der Waals surface area contributed by atoms with Crippen molar-refractivity contribution in [1.29, 1.82) is 5.41 Å². The lowest BCUT2D eigenvalue weighted by molar-refractivity contribution is 0.129. The van der Waals surface area contributed by atoms with Crippen molar-refractivity contribution >= 4 is 17.6 Å². The van der Waals surface area contributed by atoms with Gasteiger partial charge < -0.3 is 10.5 Å². The summed E-state index contributed by atoms with van der Waals surface area (Å²) in [5.74, 6) is 0.938. The van der Waals surface area contributed by atoms with Crippen molar-refractivity contribution in [2.45, 2.75) is 24.0 Å². The predicted octanol–water partition coefficient (Wildman–Crippen LogP) is 1.64. The zero-order valence-corrected chi connectivity index (χ0v) is 9.80. The number of aromatic nitrogens is 1. The second-order valence-corrected chi connectivity index (χ2v) is 4.76. The number of amidine groups is 1. The van der Waals surface area contributed by atoms with Gasteiger partial charge in [-0.05, 0) is 25.0 Å². The van der Waals surface area contributed by atoms with Crippen molar-refractivity contribution < 1.29 is 4.74 Å². The number of nitrogens with zero attached hydrogens (tertiary/aromatic N) is 1. The molecular weight excluding hydrogens is 222 g/mol. The van der Waals surface area contributed by atoms with Crippen molar-refractivity contribution in [3.63, 3.8) is 0 Å². The lowest BCUT2D eigenvalue weighted by atomic mass is 10.3. The summed E-state index contributed by atoms with van der Waals surface area (Å²) in [5.41, 5.74) is 5.93. The smallest absolute Gasteiger partial charge is 0.141 e. The van der Waals surface area contributed by atoms with E-state index in [1.54, 1.807) is 17.8 Å². The van der Waals surface area contributed by atoms with E-state index in [1.807, 2.05) is 12.1 Å². The Morgan fingerprint density at radius 1 is 1.62 bits per heavy atom. The molecule has 16 heavy (non-hydrogen) atoms. The first-order valence-electron chi connectivity index (χ1n) is 5.31. The highest BCUT2D eigenvalue weighted by molar-refractivity contribution is 7.99. The van der Waals surface area contributed by atoms with E-state index in [4.69, 9.17) is 15.9 Å². The number of hydrogen-bond acceptors (Lipinski definition) is 4. The van der Waals surface area contributed by atoms with E-state index >= 15 is 0 Å². The van der Waals surface area contributed by atoms with Gasteiger partial charge in [0.15, 0.2) is 0 Å². The Kier molecular flexibility index (Phi) is 3.79. The van der Waals surface area contributed by atoms with Crippen LogP contribution in [0.3, 0.4) is 0 Å². The van der Waals surface area contributed by atoms with Crippen molar-refractivity contribution in [3.05, 3.63) is 23.9 Å². The molecule has 0 saturated carbocycles. The van der Waals surface area contributed by atoms with E-state index in [0.717, 1.165) is 30.2 Å². The Bertz CT molecular complexity index is 377. The first-order chi connectivity index (χ1) is 7.75. The number of hydrogen-bond donors (Lipinski definition) is 2. The van der Waals surface area contributed by atoms with Crippen LogP contribution in [0.5, 0.6) is 0 Å². The molecule has 3 N–H and O–H groups in total. The molecule has 5 heteroatoms. The third-order valence-electron chi connectivity index (χ3n) is 2.44.